The molecule has 0 radical (unpaired) electrons. The van der Waals surface area contributed by atoms with E-state index in [1.165, 1.54) is 38.5 Å². The summed E-state index contributed by atoms with van der Waals surface area (Å²) >= 11 is 2.74. The predicted molar refractivity (Wildman–Crippen MR) is 95.5 cm³/mol. The van der Waals surface area contributed by atoms with Crippen LogP contribution in [0.3, 0.4) is 0 Å². The number of aliphatic hydroxyl groups excluding tert-OH is 1. The molecular formula is C19H29IO. The maximum atomic E-state index is 10.0. The Balaban J connectivity index is 1.68. The van der Waals surface area contributed by atoms with Gasteiger partial charge in [0.2, 0.25) is 0 Å². The van der Waals surface area contributed by atoms with E-state index in [1.54, 1.807) is 5.57 Å². The smallest absolute Gasteiger partial charge is 0.0577 e. The van der Waals surface area contributed by atoms with Crippen LogP contribution in [0.5, 0.6) is 0 Å². The maximum absolute atomic E-state index is 10.0. The Kier molecular flexibility index (Phi) is 3.54. The monoisotopic (exact) mass is 400 g/mol. The zero-order chi connectivity index (χ0) is 14.8. The highest BCUT2D eigenvalue weighted by Crippen LogP contribution is 2.65. The number of halogens is 1. The average Bonchev–Trinajstić information content (AvgIpc) is 2.76. The van der Waals surface area contributed by atoms with E-state index in [0.29, 0.717) is 10.8 Å². The van der Waals surface area contributed by atoms with Gasteiger partial charge in [-0.2, -0.15) is 0 Å². The Labute approximate surface area is 143 Å². The van der Waals surface area contributed by atoms with Crippen molar-refractivity contribution in [3.63, 3.8) is 0 Å². The van der Waals surface area contributed by atoms with Crippen molar-refractivity contribution in [3.8, 4) is 0 Å². The summed E-state index contributed by atoms with van der Waals surface area (Å²) in [4.78, 5) is 0. The highest BCUT2D eigenvalue weighted by atomic mass is 127. The molecule has 0 unspecified atom stereocenters. The number of allylic oxidation sites excluding steroid dienone is 1. The second-order valence-corrected chi connectivity index (χ2v) is 10.2. The predicted octanol–water partition coefficient (Wildman–Crippen LogP) is 5.11. The summed E-state index contributed by atoms with van der Waals surface area (Å²) < 4.78 is 0.896. The van der Waals surface area contributed by atoms with Crippen LogP contribution in [-0.4, -0.2) is 15.1 Å². The average molecular weight is 400 g/mol. The van der Waals surface area contributed by atoms with Crippen molar-refractivity contribution in [2.45, 2.75) is 75.2 Å². The van der Waals surface area contributed by atoms with Crippen LogP contribution in [0, 0.1) is 28.6 Å². The zero-order valence-corrected chi connectivity index (χ0v) is 15.6. The van der Waals surface area contributed by atoms with Gasteiger partial charge in [0, 0.05) is 3.92 Å². The van der Waals surface area contributed by atoms with Gasteiger partial charge in [-0.3, -0.25) is 0 Å². The first-order valence-corrected chi connectivity index (χ1v) is 10.2. The van der Waals surface area contributed by atoms with Gasteiger partial charge >= 0.3 is 0 Å². The molecule has 0 bridgehead atoms. The lowest BCUT2D eigenvalue weighted by Crippen LogP contribution is -2.50. The van der Waals surface area contributed by atoms with E-state index in [2.05, 4.69) is 42.5 Å². The van der Waals surface area contributed by atoms with Crippen LogP contribution in [0.4, 0.5) is 0 Å². The molecule has 0 aromatic carbocycles. The van der Waals surface area contributed by atoms with Crippen molar-refractivity contribution in [2.75, 3.05) is 0 Å². The third kappa shape index (κ3) is 2.03. The number of fused-ring (bicyclic) bond motifs is 5. The minimum Gasteiger partial charge on any atom is -0.393 e. The lowest BCUT2D eigenvalue weighted by molar-refractivity contribution is -0.0336. The van der Waals surface area contributed by atoms with Crippen LogP contribution in [0.15, 0.2) is 11.6 Å². The van der Waals surface area contributed by atoms with Gasteiger partial charge in [0.1, 0.15) is 0 Å². The second-order valence-electron chi connectivity index (χ2n) is 8.75. The number of rotatable bonds is 0. The summed E-state index contributed by atoms with van der Waals surface area (Å²) in [5.74, 6) is 2.77. The summed E-state index contributed by atoms with van der Waals surface area (Å²) in [6, 6.07) is 0. The van der Waals surface area contributed by atoms with Crippen molar-refractivity contribution in [2.24, 2.45) is 28.6 Å². The number of hydrogen-bond acceptors (Lipinski definition) is 1. The Morgan fingerprint density at radius 3 is 2.71 bits per heavy atom. The summed E-state index contributed by atoms with van der Waals surface area (Å²) in [6.07, 6.45) is 12.8. The minimum atomic E-state index is -0.0695. The quantitative estimate of drug-likeness (QED) is 0.340. The minimum absolute atomic E-state index is 0.0695. The Bertz CT molecular complexity index is 472. The SMILES string of the molecule is C[C@]12CC[C@H]3[C@@H](CC=C4C[C@@H](O)CC[C@@]43C)[C@@H]1CC[C@@H]2I. The Morgan fingerprint density at radius 2 is 1.90 bits per heavy atom. The van der Waals surface area contributed by atoms with Gasteiger partial charge in [-0.05, 0) is 80.0 Å². The van der Waals surface area contributed by atoms with Crippen LogP contribution in [-0.2, 0) is 0 Å². The molecule has 21 heavy (non-hydrogen) atoms. The molecule has 0 saturated heterocycles. The molecule has 7 atom stereocenters. The van der Waals surface area contributed by atoms with Crippen LogP contribution in [0.1, 0.15) is 65.2 Å². The molecule has 3 saturated carbocycles. The molecule has 0 spiro atoms. The van der Waals surface area contributed by atoms with Gasteiger partial charge in [-0.25, -0.2) is 0 Å². The van der Waals surface area contributed by atoms with Crippen molar-refractivity contribution in [3.05, 3.63) is 11.6 Å². The van der Waals surface area contributed by atoms with E-state index in [9.17, 15) is 5.11 Å². The van der Waals surface area contributed by atoms with Gasteiger partial charge in [-0.15, -0.1) is 0 Å². The van der Waals surface area contributed by atoms with Crippen molar-refractivity contribution < 1.29 is 5.11 Å². The molecule has 1 nitrogen and oxygen atoms in total. The van der Waals surface area contributed by atoms with Crippen LogP contribution in [0.25, 0.3) is 0 Å². The van der Waals surface area contributed by atoms with E-state index >= 15 is 0 Å². The molecule has 0 aromatic heterocycles. The largest absolute Gasteiger partial charge is 0.393 e. The molecule has 118 valence electrons. The Morgan fingerprint density at radius 1 is 1.10 bits per heavy atom. The standard InChI is InChI=1S/C19H29IO/c1-18-9-7-13(21)11-12(18)3-4-14-15-5-6-17(20)19(15,2)10-8-16(14)18/h3,13-17,21H,4-11H2,1-2H3/t13-,14-,15-,16-,17-,18-,19-/m0/s1. The Hall–Kier alpha value is 0.430. The molecule has 0 aliphatic heterocycles. The first kappa shape index (κ1) is 15.0. The van der Waals surface area contributed by atoms with Crippen molar-refractivity contribution in [1.29, 1.82) is 0 Å². The molecule has 0 aromatic rings. The highest BCUT2D eigenvalue weighted by Gasteiger charge is 2.57. The summed E-state index contributed by atoms with van der Waals surface area (Å²) in [6.45, 7) is 5.12. The van der Waals surface area contributed by atoms with Crippen molar-refractivity contribution >= 4 is 22.6 Å². The molecule has 3 fully saturated rings. The lowest BCUT2D eigenvalue weighted by atomic mass is 9.48. The van der Waals surface area contributed by atoms with E-state index in [-0.39, 0.29) is 6.10 Å². The summed E-state index contributed by atoms with van der Waals surface area (Å²) in [7, 11) is 0. The second kappa shape index (κ2) is 4.96. The number of aliphatic hydroxyl groups is 1. The van der Waals surface area contributed by atoms with E-state index < -0.39 is 0 Å². The third-order valence-electron chi connectivity index (χ3n) is 7.96. The van der Waals surface area contributed by atoms with Gasteiger partial charge in [0.05, 0.1) is 6.10 Å². The molecule has 4 aliphatic carbocycles. The van der Waals surface area contributed by atoms with Gasteiger partial charge in [-0.1, -0.05) is 48.1 Å². The normalized spacial score (nSPS) is 56.2. The van der Waals surface area contributed by atoms with Crippen LogP contribution < -0.4 is 0 Å². The summed E-state index contributed by atoms with van der Waals surface area (Å²) in [5, 5.41) is 10.0. The summed E-state index contributed by atoms with van der Waals surface area (Å²) in [5.41, 5.74) is 2.62. The highest BCUT2D eigenvalue weighted by molar-refractivity contribution is 14.1. The molecule has 0 amide bonds. The number of alkyl halides is 1. The van der Waals surface area contributed by atoms with E-state index in [1.807, 2.05) is 0 Å². The van der Waals surface area contributed by atoms with Crippen LogP contribution >= 0.6 is 22.6 Å². The lowest BCUT2D eigenvalue weighted by Gasteiger charge is -2.57. The fourth-order valence-corrected chi connectivity index (χ4v) is 7.71. The molecule has 1 N–H and O–H groups in total. The van der Waals surface area contributed by atoms with E-state index in [0.717, 1.165) is 34.5 Å². The molecule has 4 rings (SSSR count). The van der Waals surface area contributed by atoms with E-state index in [4.69, 9.17) is 0 Å². The fourth-order valence-electron chi connectivity index (χ4n) is 6.58. The molecule has 0 heterocycles. The molecule has 4 aliphatic rings. The van der Waals surface area contributed by atoms with Crippen LogP contribution in [0.2, 0.25) is 0 Å². The molecule has 2 heteroatoms. The fraction of sp³-hybridized carbons (Fsp3) is 0.895. The number of hydrogen-bond donors (Lipinski definition) is 1. The topological polar surface area (TPSA) is 20.2 Å². The van der Waals surface area contributed by atoms with Crippen molar-refractivity contribution in [1.82, 2.24) is 0 Å². The molecular weight excluding hydrogens is 371 g/mol. The first-order valence-electron chi connectivity index (χ1n) is 8.97. The van der Waals surface area contributed by atoms with Gasteiger partial charge < -0.3 is 5.11 Å². The zero-order valence-electron chi connectivity index (χ0n) is 13.4. The maximum Gasteiger partial charge on any atom is 0.0577 e. The van der Waals surface area contributed by atoms with Gasteiger partial charge in [0.25, 0.3) is 0 Å². The third-order valence-corrected chi connectivity index (χ3v) is 10.0. The van der Waals surface area contributed by atoms with Gasteiger partial charge in [0.15, 0.2) is 0 Å². The first-order chi connectivity index (χ1) is 9.95.